The van der Waals surface area contributed by atoms with Gasteiger partial charge in [-0.25, -0.2) is 0 Å². The Morgan fingerprint density at radius 2 is 1.74 bits per heavy atom. The van der Waals surface area contributed by atoms with E-state index in [-0.39, 0.29) is 5.91 Å². The minimum absolute atomic E-state index is 0.0438. The van der Waals surface area contributed by atoms with Crippen molar-refractivity contribution in [3.05, 3.63) is 65.2 Å². The molecule has 3 heteroatoms. The van der Waals surface area contributed by atoms with Crippen molar-refractivity contribution in [1.82, 2.24) is 0 Å². The van der Waals surface area contributed by atoms with Crippen molar-refractivity contribution in [2.24, 2.45) is 0 Å². The SMILES string of the molecule is Cc1ccc(C(=O)Nc2ccccc2)cc1C(C)C[Si](C)(C)C. The maximum atomic E-state index is 12.5. The number of rotatable bonds is 5. The number of para-hydroxylation sites is 1. The average Bonchev–Trinajstić information content (AvgIpc) is 2.46. The molecule has 2 aromatic rings. The summed E-state index contributed by atoms with van der Waals surface area (Å²) in [6.07, 6.45) is 0. The van der Waals surface area contributed by atoms with Gasteiger partial charge in [0.25, 0.3) is 5.91 Å². The number of benzene rings is 2. The van der Waals surface area contributed by atoms with Crippen LogP contribution >= 0.6 is 0 Å². The second-order valence-corrected chi connectivity index (χ2v) is 13.1. The van der Waals surface area contributed by atoms with Crippen molar-refractivity contribution >= 4 is 19.7 Å². The first-order valence-electron chi connectivity index (χ1n) is 8.23. The van der Waals surface area contributed by atoms with E-state index in [1.165, 1.54) is 17.2 Å². The number of aryl methyl sites for hydroxylation is 1. The highest BCUT2D eigenvalue weighted by molar-refractivity contribution is 6.76. The largest absolute Gasteiger partial charge is 0.322 e. The molecule has 0 bridgehead atoms. The Labute approximate surface area is 141 Å². The first-order valence-corrected chi connectivity index (χ1v) is 11.9. The van der Waals surface area contributed by atoms with Crippen molar-refractivity contribution in [2.45, 2.75) is 45.5 Å². The Balaban J connectivity index is 2.21. The summed E-state index contributed by atoms with van der Waals surface area (Å²) in [5.41, 5.74) is 4.13. The molecule has 1 N–H and O–H groups in total. The third-order valence-electron chi connectivity index (χ3n) is 4.02. The van der Waals surface area contributed by atoms with E-state index >= 15 is 0 Å². The van der Waals surface area contributed by atoms with Crippen LogP contribution in [0.3, 0.4) is 0 Å². The predicted octanol–water partition coefficient (Wildman–Crippen LogP) is 5.69. The van der Waals surface area contributed by atoms with Gasteiger partial charge in [-0.05, 0) is 48.2 Å². The molecule has 0 radical (unpaired) electrons. The second-order valence-electron chi connectivity index (χ2n) is 7.56. The minimum atomic E-state index is -1.13. The van der Waals surface area contributed by atoms with Gasteiger partial charge < -0.3 is 5.32 Å². The molecule has 0 aliphatic carbocycles. The van der Waals surface area contributed by atoms with Crippen molar-refractivity contribution in [3.8, 4) is 0 Å². The van der Waals surface area contributed by atoms with Crippen LogP contribution in [0.5, 0.6) is 0 Å². The normalized spacial score (nSPS) is 12.7. The smallest absolute Gasteiger partial charge is 0.255 e. The first kappa shape index (κ1) is 17.5. The van der Waals surface area contributed by atoms with Crippen molar-refractivity contribution in [2.75, 3.05) is 5.32 Å². The lowest BCUT2D eigenvalue weighted by Gasteiger charge is -2.23. The maximum Gasteiger partial charge on any atom is 0.255 e. The number of carbonyl (C=O) groups excluding carboxylic acids is 1. The van der Waals surface area contributed by atoms with Crippen LogP contribution in [0.4, 0.5) is 5.69 Å². The van der Waals surface area contributed by atoms with Crippen LogP contribution in [0.1, 0.15) is 34.3 Å². The summed E-state index contributed by atoms with van der Waals surface area (Å²) >= 11 is 0. The fourth-order valence-corrected chi connectivity index (χ4v) is 5.12. The summed E-state index contributed by atoms with van der Waals surface area (Å²) in [6.45, 7) is 11.6. The van der Waals surface area contributed by atoms with Gasteiger partial charge in [0.05, 0.1) is 0 Å². The molecule has 0 spiro atoms. The van der Waals surface area contributed by atoms with Gasteiger partial charge in [-0.1, -0.05) is 56.9 Å². The van der Waals surface area contributed by atoms with E-state index < -0.39 is 8.07 Å². The standard InChI is InChI=1S/C20H27NOSi/c1-15-11-12-17(13-19(15)16(2)14-23(3,4)5)20(22)21-18-9-7-6-8-10-18/h6-13,16H,14H2,1-5H3,(H,21,22). The molecule has 1 unspecified atom stereocenters. The molecular weight excluding hydrogens is 298 g/mol. The highest BCUT2D eigenvalue weighted by Gasteiger charge is 2.20. The van der Waals surface area contributed by atoms with E-state index in [9.17, 15) is 4.79 Å². The zero-order valence-corrected chi connectivity index (χ0v) is 15.8. The molecule has 0 aliphatic rings. The number of nitrogens with one attached hydrogen (secondary N) is 1. The van der Waals surface area contributed by atoms with Crippen molar-refractivity contribution < 1.29 is 4.79 Å². The zero-order valence-electron chi connectivity index (χ0n) is 14.8. The predicted molar refractivity (Wildman–Crippen MR) is 102 cm³/mol. The van der Waals surface area contributed by atoms with Gasteiger partial charge in [0.1, 0.15) is 0 Å². The second kappa shape index (κ2) is 7.13. The van der Waals surface area contributed by atoms with E-state index in [1.54, 1.807) is 0 Å². The minimum Gasteiger partial charge on any atom is -0.322 e. The Kier molecular flexibility index (Phi) is 5.42. The van der Waals surface area contributed by atoms with Gasteiger partial charge in [0.2, 0.25) is 0 Å². The van der Waals surface area contributed by atoms with E-state index in [2.05, 4.69) is 50.9 Å². The lowest BCUT2D eigenvalue weighted by Crippen LogP contribution is -2.22. The molecule has 2 nitrogen and oxygen atoms in total. The van der Waals surface area contributed by atoms with E-state index in [0.29, 0.717) is 5.92 Å². The van der Waals surface area contributed by atoms with Crippen molar-refractivity contribution in [3.63, 3.8) is 0 Å². The topological polar surface area (TPSA) is 29.1 Å². The Morgan fingerprint density at radius 3 is 2.35 bits per heavy atom. The number of amides is 1. The summed E-state index contributed by atoms with van der Waals surface area (Å²) in [5, 5.41) is 2.96. The molecule has 0 saturated heterocycles. The average molecular weight is 326 g/mol. The Hall–Kier alpha value is -1.87. The number of hydrogen-bond donors (Lipinski definition) is 1. The van der Waals surface area contributed by atoms with Gasteiger partial charge in [-0.15, -0.1) is 0 Å². The van der Waals surface area contributed by atoms with E-state index in [0.717, 1.165) is 11.3 Å². The third kappa shape index (κ3) is 5.07. The van der Waals surface area contributed by atoms with Gasteiger partial charge in [-0.3, -0.25) is 4.79 Å². The summed E-state index contributed by atoms with van der Waals surface area (Å²) in [4.78, 5) is 12.5. The molecular formula is C20H27NOSi. The molecule has 0 heterocycles. The van der Waals surface area contributed by atoms with Crippen LogP contribution in [-0.4, -0.2) is 14.0 Å². The number of anilines is 1. The van der Waals surface area contributed by atoms with Crippen molar-refractivity contribution in [1.29, 1.82) is 0 Å². The van der Waals surface area contributed by atoms with E-state index in [1.807, 2.05) is 36.4 Å². The van der Waals surface area contributed by atoms with Gasteiger partial charge in [0, 0.05) is 19.3 Å². The highest BCUT2D eigenvalue weighted by Crippen LogP contribution is 2.29. The summed E-state index contributed by atoms with van der Waals surface area (Å²) < 4.78 is 0. The molecule has 2 aromatic carbocycles. The summed E-state index contributed by atoms with van der Waals surface area (Å²) in [7, 11) is -1.13. The molecule has 0 aromatic heterocycles. The molecule has 0 fully saturated rings. The fourth-order valence-electron chi connectivity index (χ4n) is 3.07. The lowest BCUT2D eigenvalue weighted by atomic mass is 9.95. The lowest BCUT2D eigenvalue weighted by molar-refractivity contribution is 0.102. The van der Waals surface area contributed by atoms with Crippen LogP contribution in [0.15, 0.2) is 48.5 Å². The molecule has 122 valence electrons. The molecule has 0 aliphatic heterocycles. The zero-order chi connectivity index (χ0) is 17.0. The molecule has 23 heavy (non-hydrogen) atoms. The quantitative estimate of drug-likeness (QED) is 0.703. The fraction of sp³-hybridized carbons (Fsp3) is 0.350. The van der Waals surface area contributed by atoms with Crippen LogP contribution in [0.2, 0.25) is 25.7 Å². The first-order chi connectivity index (χ1) is 10.8. The van der Waals surface area contributed by atoms with Gasteiger partial charge >= 0.3 is 0 Å². The Morgan fingerprint density at radius 1 is 1.09 bits per heavy atom. The molecule has 0 saturated carbocycles. The van der Waals surface area contributed by atoms with Crippen LogP contribution in [0, 0.1) is 6.92 Å². The van der Waals surface area contributed by atoms with Gasteiger partial charge in [-0.2, -0.15) is 0 Å². The van der Waals surface area contributed by atoms with Crippen LogP contribution in [-0.2, 0) is 0 Å². The molecule has 1 atom stereocenters. The van der Waals surface area contributed by atoms with Crippen LogP contribution < -0.4 is 5.32 Å². The van der Waals surface area contributed by atoms with E-state index in [4.69, 9.17) is 0 Å². The molecule has 2 rings (SSSR count). The van der Waals surface area contributed by atoms with Crippen LogP contribution in [0.25, 0.3) is 0 Å². The Bertz CT molecular complexity index is 674. The summed E-state index contributed by atoms with van der Waals surface area (Å²) in [6, 6.07) is 16.9. The van der Waals surface area contributed by atoms with Gasteiger partial charge in [0.15, 0.2) is 0 Å². The highest BCUT2D eigenvalue weighted by atomic mass is 28.3. The molecule has 1 amide bonds. The number of carbonyl (C=O) groups is 1. The summed E-state index contributed by atoms with van der Waals surface area (Å²) in [5.74, 6) is 0.448. The third-order valence-corrected chi connectivity index (χ3v) is 5.86. The maximum absolute atomic E-state index is 12.5. The monoisotopic (exact) mass is 325 g/mol. The number of hydrogen-bond acceptors (Lipinski definition) is 1.